The Balaban J connectivity index is 3.28. The van der Waals surface area contributed by atoms with Gasteiger partial charge in [0.15, 0.2) is 0 Å². The van der Waals surface area contributed by atoms with Gasteiger partial charge in [-0.05, 0) is 41.5 Å². The van der Waals surface area contributed by atoms with Crippen LogP contribution in [0.25, 0.3) is 0 Å². The predicted octanol–water partition coefficient (Wildman–Crippen LogP) is -0.726. The summed E-state index contributed by atoms with van der Waals surface area (Å²) in [6.07, 6.45) is -7.07. The van der Waals surface area contributed by atoms with Crippen LogP contribution in [0.15, 0.2) is 4.99 Å². The molecule has 0 aliphatic carbocycles. The quantitative estimate of drug-likeness (QED) is 0.257. The van der Waals surface area contributed by atoms with Gasteiger partial charge in [0, 0.05) is 19.1 Å². The van der Waals surface area contributed by atoms with Crippen LogP contribution >= 0.6 is 0 Å². The molecule has 0 unspecified atom stereocenters. The second-order valence-electron chi connectivity index (χ2n) is 9.88. The van der Waals surface area contributed by atoms with Gasteiger partial charge < -0.3 is 40.1 Å². The molecular formula is C20H36N4O9. The summed E-state index contributed by atoms with van der Waals surface area (Å²) in [6, 6.07) is -1.19. The van der Waals surface area contributed by atoms with E-state index in [-0.39, 0.29) is 12.5 Å². The zero-order chi connectivity index (χ0) is 25.9. The lowest BCUT2D eigenvalue weighted by Crippen LogP contribution is -2.65. The summed E-state index contributed by atoms with van der Waals surface area (Å²) in [7, 11) is 1.34. The van der Waals surface area contributed by atoms with E-state index in [9.17, 15) is 39.9 Å². The molecule has 13 nitrogen and oxygen atoms in total. The van der Waals surface area contributed by atoms with Crippen LogP contribution < -0.4 is 0 Å². The molecule has 0 aromatic heterocycles. The summed E-state index contributed by atoms with van der Waals surface area (Å²) in [4.78, 5) is 43.9. The van der Waals surface area contributed by atoms with Gasteiger partial charge in [-0.25, -0.2) is 14.5 Å². The molecule has 3 amide bonds. The van der Waals surface area contributed by atoms with Crippen molar-refractivity contribution >= 4 is 24.1 Å². The number of carbonyl (C=O) groups is 3. The summed E-state index contributed by atoms with van der Waals surface area (Å²) < 4.78 is 5.40. The van der Waals surface area contributed by atoms with E-state index in [0.717, 1.165) is 14.7 Å². The number of carboxylic acid groups (broad SMARTS) is 1. The number of guanidine groups is 1. The minimum absolute atomic E-state index is 0.364. The lowest BCUT2D eigenvalue weighted by Gasteiger charge is -2.44. The molecule has 33 heavy (non-hydrogen) atoms. The van der Waals surface area contributed by atoms with Crippen molar-refractivity contribution < 1.29 is 44.7 Å². The number of likely N-dealkylation sites (N-methyl/N-ethyl adjacent to an activating group) is 1. The molecule has 190 valence electrons. The van der Waals surface area contributed by atoms with E-state index in [4.69, 9.17) is 4.74 Å². The molecule has 1 aliphatic rings. The molecule has 1 aliphatic heterocycles. The minimum Gasteiger partial charge on any atom is -0.463 e. The number of ether oxygens (including phenoxy) is 1. The molecule has 0 spiro atoms. The number of rotatable bonds is 3. The molecule has 0 saturated carbocycles. The maximum Gasteiger partial charge on any atom is 0.434 e. The van der Waals surface area contributed by atoms with Gasteiger partial charge >= 0.3 is 12.2 Å². The second-order valence-corrected chi connectivity index (χ2v) is 9.88. The van der Waals surface area contributed by atoms with Gasteiger partial charge in [0.25, 0.3) is 0 Å². The Kier molecular flexibility index (Phi) is 9.20. The molecule has 0 bridgehead atoms. The number of hydrogen-bond donors (Lipinski definition) is 5. The first kappa shape index (κ1) is 28.6. The number of aliphatic hydroxyl groups is 4. The van der Waals surface area contributed by atoms with E-state index in [2.05, 4.69) is 4.99 Å². The third kappa shape index (κ3) is 7.52. The zero-order valence-electron chi connectivity index (χ0n) is 20.1. The van der Waals surface area contributed by atoms with Gasteiger partial charge in [0.2, 0.25) is 11.9 Å². The van der Waals surface area contributed by atoms with Crippen molar-refractivity contribution in [3.05, 3.63) is 0 Å². The number of β-amino-alcohol motifs (C(OH)–C–C–N with tert-alkyl or cyclic N) is 1. The summed E-state index contributed by atoms with van der Waals surface area (Å²) in [5.41, 5.74) is -1.89. The molecule has 0 aromatic carbocycles. The average Bonchev–Trinajstić information content (AvgIpc) is 2.62. The molecule has 5 N–H and O–H groups in total. The van der Waals surface area contributed by atoms with E-state index in [1.165, 1.54) is 7.05 Å². The van der Waals surface area contributed by atoms with Crippen molar-refractivity contribution in [2.75, 3.05) is 26.7 Å². The topological polar surface area (TPSA) is 184 Å². The summed E-state index contributed by atoms with van der Waals surface area (Å²) in [6.45, 7) is 8.25. The van der Waals surface area contributed by atoms with Crippen LogP contribution in [0.5, 0.6) is 0 Å². The van der Waals surface area contributed by atoms with Crippen LogP contribution in [0.3, 0.4) is 0 Å². The van der Waals surface area contributed by atoms with Crippen LogP contribution in [0.1, 0.15) is 41.5 Å². The molecule has 1 fully saturated rings. The normalized spacial score (nSPS) is 24.3. The van der Waals surface area contributed by atoms with Gasteiger partial charge in [0.05, 0.1) is 19.2 Å². The van der Waals surface area contributed by atoms with E-state index in [1.54, 1.807) is 41.5 Å². The molecule has 1 rings (SSSR count). The number of carbonyl (C=O) groups excluding carboxylic acids is 2. The Hall–Kier alpha value is -2.48. The smallest absolute Gasteiger partial charge is 0.434 e. The number of hydrogen-bond acceptors (Lipinski definition) is 8. The Morgan fingerprint density at radius 3 is 2.03 bits per heavy atom. The third-order valence-electron chi connectivity index (χ3n) is 4.79. The maximum atomic E-state index is 13.0. The number of amides is 3. The first-order valence-corrected chi connectivity index (χ1v) is 10.4. The van der Waals surface area contributed by atoms with E-state index in [0.29, 0.717) is 0 Å². The van der Waals surface area contributed by atoms with Crippen LogP contribution in [0.4, 0.5) is 9.59 Å². The number of aliphatic imine (C=N–C) groups is 1. The van der Waals surface area contributed by atoms with Gasteiger partial charge in [0.1, 0.15) is 23.9 Å². The van der Waals surface area contributed by atoms with Crippen LogP contribution in [0, 0.1) is 0 Å². The number of aliphatic hydroxyl groups excluding tert-OH is 4. The van der Waals surface area contributed by atoms with Crippen molar-refractivity contribution in [3.63, 3.8) is 0 Å². The Morgan fingerprint density at radius 2 is 1.61 bits per heavy atom. The lowest BCUT2D eigenvalue weighted by atomic mass is 9.94. The standard InChI is InChI=1S/C20H36N4O9/c1-19(2,3)24(18(32)33-20(4,5)6)16(21-17(30)31)22(7)9-13(27)23-8-12(26)15(29)14(28)11(23)10-25/h11-12,14-15,25-26,28-29H,8-10H2,1-7H3,(H,30,31)/t11-,12+,14-,15-/m1/s1. The highest BCUT2D eigenvalue weighted by atomic mass is 16.6. The number of piperidine rings is 1. The monoisotopic (exact) mass is 476 g/mol. The first-order valence-electron chi connectivity index (χ1n) is 10.4. The summed E-state index contributed by atoms with van der Waals surface area (Å²) in [5.74, 6) is -1.09. The van der Waals surface area contributed by atoms with Crippen molar-refractivity contribution in [2.45, 2.75) is 77.0 Å². The average molecular weight is 477 g/mol. The van der Waals surface area contributed by atoms with Crippen molar-refractivity contribution in [1.29, 1.82) is 0 Å². The molecule has 0 aromatic rings. The highest BCUT2D eigenvalue weighted by Crippen LogP contribution is 2.22. The zero-order valence-corrected chi connectivity index (χ0v) is 20.1. The molecule has 1 heterocycles. The van der Waals surface area contributed by atoms with Crippen LogP contribution in [0.2, 0.25) is 0 Å². The fraction of sp³-hybridized carbons (Fsp3) is 0.800. The summed E-state index contributed by atoms with van der Waals surface area (Å²) in [5, 5.41) is 48.8. The number of nitrogens with zero attached hydrogens (tertiary/aromatic N) is 4. The predicted molar refractivity (Wildman–Crippen MR) is 117 cm³/mol. The largest absolute Gasteiger partial charge is 0.463 e. The van der Waals surface area contributed by atoms with E-state index < -0.39 is 66.7 Å². The molecular weight excluding hydrogens is 440 g/mol. The first-order chi connectivity index (χ1) is 14.9. The molecule has 0 radical (unpaired) electrons. The molecule has 13 heteroatoms. The van der Waals surface area contributed by atoms with E-state index >= 15 is 0 Å². The fourth-order valence-electron chi connectivity index (χ4n) is 3.30. The Bertz CT molecular complexity index is 760. The van der Waals surface area contributed by atoms with Crippen molar-refractivity contribution in [3.8, 4) is 0 Å². The minimum atomic E-state index is -1.61. The second kappa shape index (κ2) is 10.6. The lowest BCUT2D eigenvalue weighted by molar-refractivity contribution is -0.166. The fourth-order valence-corrected chi connectivity index (χ4v) is 3.30. The van der Waals surface area contributed by atoms with Crippen molar-refractivity contribution in [1.82, 2.24) is 14.7 Å². The SMILES string of the molecule is CN(CC(=O)N1C[C@H](O)[C@@H](O)[C@H](O)[C@H]1CO)C(=NC(=O)O)N(C(=O)OC(C)(C)C)C(C)(C)C. The highest BCUT2D eigenvalue weighted by Gasteiger charge is 2.44. The van der Waals surface area contributed by atoms with Gasteiger partial charge in [-0.3, -0.25) is 4.79 Å². The maximum absolute atomic E-state index is 13.0. The third-order valence-corrected chi connectivity index (χ3v) is 4.79. The molecule has 4 atom stereocenters. The van der Waals surface area contributed by atoms with Gasteiger partial charge in [-0.1, -0.05) is 0 Å². The van der Waals surface area contributed by atoms with Gasteiger partial charge in [-0.2, -0.15) is 0 Å². The van der Waals surface area contributed by atoms with E-state index in [1.807, 2.05) is 0 Å². The highest BCUT2D eigenvalue weighted by molar-refractivity contribution is 6.00. The molecule has 1 saturated heterocycles. The van der Waals surface area contributed by atoms with Crippen LogP contribution in [-0.4, -0.2) is 127 Å². The number of likely N-dealkylation sites (tertiary alicyclic amines) is 1. The summed E-state index contributed by atoms with van der Waals surface area (Å²) >= 11 is 0. The van der Waals surface area contributed by atoms with Crippen LogP contribution in [-0.2, 0) is 9.53 Å². The van der Waals surface area contributed by atoms with Crippen molar-refractivity contribution in [2.24, 2.45) is 4.99 Å². The van der Waals surface area contributed by atoms with Gasteiger partial charge in [-0.15, -0.1) is 4.99 Å². The Labute approximate surface area is 192 Å². The Morgan fingerprint density at radius 1 is 1.06 bits per heavy atom.